The van der Waals surface area contributed by atoms with Crippen molar-refractivity contribution in [3.63, 3.8) is 0 Å². The van der Waals surface area contributed by atoms with Gasteiger partial charge in [0.2, 0.25) is 11.8 Å². The maximum Gasteiger partial charge on any atom is 0.264 e. The Kier molecular flexibility index (Phi) is 11.4. The van der Waals surface area contributed by atoms with E-state index in [2.05, 4.69) is 5.32 Å². The number of methoxy groups -OCH3 is 1. The normalized spacial score (nSPS) is 11.9. The zero-order valence-electron chi connectivity index (χ0n) is 23.0. The lowest BCUT2D eigenvalue weighted by molar-refractivity contribution is -0.138. The fourth-order valence-electron chi connectivity index (χ4n) is 4.12. The summed E-state index contributed by atoms with van der Waals surface area (Å²) in [7, 11) is -2.67. The minimum absolute atomic E-state index is 0.00255. The number of hydrogen-bond donors (Lipinski definition) is 1. The SMILES string of the molecule is CCCCNC(=O)[C@H](C)N(CCc1ccccc1)C(=O)CN(c1ccc(Cl)cc1)S(=O)(=O)c1ccc(OC)cc1. The second-order valence-corrected chi connectivity index (χ2v) is 11.6. The third-order valence-electron chi connectivity index (χ3n) is 6.52. The third-order valence-corrected chi connectivity index (χ3v) is 8.56. The van der Waals surface area contributed by atoms with Gasteiger partial charge in [-0.25, -0.2) is 8.42 Å². The van der Waals surface area contributed by atoms with Gasteiger partial charge in [0, 0.05) is 18.1 Å². The van der Waals surface area contributed by atoms with Crippen molar-refractivity contribution in [3.05, 3.63) is 89.4 Å². The highest BCUT2D eigenvalue weighted by Crippen LogP contribution is 2.27. The molecule has 3 rings (SSSR count). The van der Waals surface area contributed by atoms with Crippen LogP contribution >= 0.6 is 11.6 Å². The molecule has 0 aliphatic carbocycles. The molecule has 0 spiro atoms. The smallest absolute Gasteiger partial charge is 0.264 e. The average molecular weight is 586 g/mol. The molecule has 0 bridgehead atoms. The molecule has 10 heteroatoms. The summed E-state index contributed by atoms with van der Waals surface area (Å²) in [6.45, 7) is 3.93. The Morgan fingerprint density at radius 2 is 1.62 bits per heavy atom. The number of anilines is 1. The number of rotatable bonds is 14. The summed E-state index contributed by atoms with van der Waals surface area (Å²) in [5.41, 5.74) is 1.27. The molecular formula is C30H36ClN3O5S. The number of amides is 2. The first-order valence-electron chi connectivity index (χ1n) is 13.2. The van der Waals surface area contributed by atoms with Crippen LogP contribution in [0.4, 0.5) is 5.69 Å². The fourth-order valence-corrected chi connectivity index (χ4v) is 5.66. The van der Waals surface area contributed by atoms with Crippen LogP contribution in [-0.4, -0.2) is 57.9 Å². The van der Waals surface area contributed by atoms with Crippen LogP contribution in [-0.2, 0) is 26.0 Å². The van der Waals surface area contributed by atoms with E-state index < -0.39 is 28.5 Å². The van der Waals surface area contributed by atoms with Gasteiger partial charge in [-0.05, 0) is 73.9 Å². The standard InChI is InChI=1S/C30H36ClN3O5S/c1-4-5-20-32-30(36)23(2)33(21-19-24-9-7-6-8-10-24)29(35)22-34(26-13-11-25(31)12-14-26)40(37,38)28-17-15-27(39-3)16-18-28/h6-18,23H,4-5,19-22H2,1-3H3,(H,32,36)/t23-/m0/s1. The van der Waals surface area contributed by atoms with Crippen LogP contribution in [0, 0.1) is 0 Å². The molecule has 1 atom stereocenters. The number of nitrogens with one attached hydrogen (secondary N) is 1. The maximum absolute atomic E-state index is 13.9. The third kappa shape index (κ3) is 8.22. The molecule has 0 aliphatic rings. The number of unbranched alkanes of at least 4 members (excludes halogenated alkanes) is 1. The van der Waals surface area contributed by atoms with Crippen molar-refractivity contribution in [2.75, 3.05) is 31.0 Å². The number of carbonyl (C=O) groups is 2. The molecule has 3 aromatic rings. The second kappa shape index (κ2) is 14.7. The Morgan fingerprint density at radius 3 is 2.23 bits per heavy atom. The van der Waals surface area contributed by atoms with Gasteiger partial charge >= 0.3 is 0 Å². The number of sulfonamides is 1. The molecule has 1 N–H and O–H groups in total. The predicted molar refractivity (Wildman–Crippen MR) is 158 cm³/mol. The minimum atomic E-state index is -4.16. The number of halogens is 1. The topological polar surface area (TPSA) is 96.0 Å². The molecule has 0 radical (unpaired) electrons. The summed E-state index contributed by atoms with van der Waals surface area (Å²) in [4.78, 5) is 28.3. The van der Waals surface area contributed by atoms with E-state index in [1.165, 1.54) is 24.1 Å². The highest BCUT2D eigenvalue weighted by molar-refractivity contribution is 7.92. The van der Waals surface area contributed by atoms with Gasteiger partial charge < -0.3 is 15.0 Å². The predicted octanol–water partition coefficient (Wildman–Crippen LogP) is 4.92. The Bertz CT molecular complexity index is 1350. The molecule has 8 nitrogen and oxygen atoms in total. The maximum atomic E-state index is 13.9. The van der Waals surface area contributed by atoms with E-state index in [-0.39, 0.29) is 23.0 Å². The first-order valence-corrected chi connectivity index (χ1v) is 15.0. The van der Waals surface area contributed by atoms with E-state index in [0.717, 1.165) is 22.7 Å². The van der Waals surface area contributed by atoms with Crippen molar-refractivity contribution >= 4 is 39.1 Å². The zero-order chi connectivity index (χ0) is 29.1. The molecule has 0 fully saturated rings. The summed E-state index contributed by atoms with van der Waals surface area (Å²) in [5.74, 6) is -0.282. The first kappa shape index (κ1) is 31.0. The highest BCUT2D eigenvalue weighted by atomic mass is 35.5. The van der Waals surface area contributed by atoms with E-state index in [9.17, 15) is 18.0 Å². The number of nitrogens with zero attached hydrogens (tertiary/aromatic N) is 2. The Labute approximate surface area is 241 Å². The van der Waals surface area contributed by atoms with Crippen molar-refractivity contribution in [2.45, 2.75) is 44.0 Å². The quantitative estimate of drug-likeness (QED) is 0.271. The van der Waals surface area contributed by atoms with Gasteiger partial charge in [-0.15, -0.1) is 0 Å². The van der Waals surface area contributed by atoms with E-state index in [1.54, 1.807) is 43.3 Å². The van der Waals surface area contributed by atoms with Gasteiger partial charge in [0.1, 0.15) is 18.3 Å². The molecular weight excluding hydrogens is 550 g/mol. The van der Waals surface area contributed by atoms with Crippen molar-refractivity contribution < 1.29 is 22.7 Å². The molecule has 2 amide bonds. The molecule has 0 heterocycles. The van der Waals surface area contributed by atoms with Crippen molar-refractivity contribution in [1.29, 1.82) is 0 Å². The van der Waals surface area contributed by atoms with E-state index in [0.29, 0.717) is 23.7 Å². The average Bonchev–Trinajstić information content (AvgIpc) is 2.97. The van der Waals surface area contributed by atoms with Crippen LogP contribution in [0.2, 0.25) is 5.02 Å². The van der Waals surface area contributed by atoms with Crippen molar-refractivity contribution in [2.24, 2.45) is 0 Å². The summed E-state index contributed by atoms with van der Waals surface area (Å²) in [5, 5.41) is 3.31. The van der Waals surface area contributed by atoms with Gasteiger partial charge in [-0.1, -0.05) is 55.3 Å². The lowest BCUT2D eigenvalue weighted by Gasteiger charge is -2.32. The van der Waals surface area contributed by atoms with Crippen LogP contribution in [0.5, 0.6) is 5.75 Å². The van der Waals surface area contributed by atoms with Crippen molar-refractivity contribution in [3.8, 4) is 5.75 Å². The largest absolute Gasteiger partial charge is 0.497 e. The zero-order valence-corrected chi connectivity index (χ0v) is 24.6. The van der Waals surface area contributed by atoms with Gasteiger partial charge in [0.05, 0.1) is 17.7 Å². The minimum Gasteiger partial charge on any atom is -0.497 e. The van der Waals surface area contributed by atoms with Gasteiger partial charge in [-0.3, -0.25) is 13.9 Å². The van der Waals surface area contributed by atoms with Crippen LogP contribution in [0.1, 0.15) is 32.3 Å². The number of ether oxygens (including phenoxy) is 1. The Balaban J connectivity index is 1.94. The van der Waals surface area contributed by atoms with Crippen LogP contribution in [0.15, 0.2) is 83.8 Å². The van der Waals surface area contributed by atoms with Gasteiger partial charge in [0.15, 0.2) is 0 Å². The first-order chi connectivity index (χ1) is 19.2. The molecule has 0 unspecified atom stereocenters. The van der Waals surface area contributed by atoms with Crippen LogP contribution in [0.25, 0.3) is 0 Å². The fraction of sp³-hybridized carbons (Fsp3) is 0.333. The highest BCUT2D eigenvalue weighted by Gasteiger charge is 2.32. The van der Waals surface area contributed by atoms with Crippen molar-refractivity contribution in [1.82, 2.24) is 10.2 Å². The van der Waals surface area contributed by atoms with Gasteiger partial charge in [-0.2, -0.15) is 0 Å². The summed E-state index contributed by atoms with van der Waals surface area (Å²) >= 11 is 6.06. The monoisotopic (exact) mass is 585 g/mol. The number of carbonyl (C=O) groups excluding carboxylic acids is 2. The second-order valence-electron chi connectivity index (χ2n) is 9.31. The lowest BCUT2D eigenvalue weighted by Crippen LogP contribution is -2.52. The summed E-state index contributed by atoms with van der Waals surface area (Å²) in [6, 6.07) is 21.0. The molecule has 214 valence electrons. The van der Waals surface area contributed by atoms with E-state index >= 15 is 0 Å². The molecule has 0 aromatic heterocycles. The number of hydrogen-bond acceptors (Lipinski definition) is 5. The molecule has 0 saturated carbocycles. The van der Waals surface area contributed by atoms with E-state index in [4.69, 9.17) is 16.3 Å². The molecule has 3 aromatic carbocycles. The van der Waals surface area contributed by atoms with Crippen LogP contribution < -0.4 is 14.4 Å². The lowest BCUT2D eigenvalue weighted by atomic mass is 10.1. The number of benzene rings is 3. The molecule has 0 saturated heterocycles. The Morgan fingerprint density at radius 1 is 0.975 bits per heavy atom. The molecule has 40 heavy (non-hydrogen) atoms. The van der Waals surface area contributed by atoms with Gasteiger partial charge in [0.25, 0.3) is 10.0 Å². The summed E-state index contributed by atoms with van der Waals surface area (Å²) < 4.78 is 33.9. The summed E-state index contributed by atoms with van der Waals surface area (Å²) in [6.07, 6.45) is 2.25. The van der Waals surface area contributed by atoms with E-state index in [1.807, 2.05) is 37.3 Å². The van der Waals surface area contributed by atoms with Crippen LogP contribution in [0.3, 0.4) is 0 Å². The Hall–Kier alpha value is -3.56. The molecule has 0 aliphatic heterocycles.